The Kier molecular flexibility index (Phi) is 11.1. The molecule has 0 amide bonds. The van der Waals surface area contributed by atoms with Gasteiger partial charge >= 0.3 is 0 Å². The smallest absolute Gasteiger partial charge is 0.148 e. The van der Waals surface area contributed by atoms with Gasteiger partial charge in [0.25, 0.3) is 0 Å². The highest BCUT2D eigenvalue weighted by atomic mass is 35.5. The van der Waals surface area contributed by atoms with E-state index in [1.54, 1.807) is 0 Å². The van der Waals surface area contributed by atoms with E-state index in [4.69, 9.17) is 16.3 Å². The number of terminal acetylenes is 1. The summed E-state index contributed by atoms with van der Waals surface area (Å²) >= 11 is 0. The number of rotatable bonds is 9. The summed E-state index contributed by atoms with van der Waals surface area (Å²) in [6.07, 6.45) is 8.19. The van der Waals surface area contributed by atoms with Crippen LogP contribution in [0, 0.1) is 12.3 Å². The predicted molar refractivity (Wildman–Crippen MR) is 80.7 cm³/mol. The summed E-state index contributed by atoms with van der Waals surface area (Å²) in [5.41, 5.74) is 1.12. The van der Waals surface area contributed by atoms with E-state index in [1.807, 2.05) is 24.3 Å². The molecule has 0 spiro atoms. The minimum atomic E-state index is 0. The van der Waals surface area contributed by atoms with Crippen LogP contribution in [0.2, 0.25) is 0 Å². The van der Waals surface area contributed by atoms with Crippen molar-refractivity contribution in [3.05, 3.63) is 29.8 Å². The van der Waals surface area contributed by atoms with Crippen LogP contribution < -0.4 is 10.1 Å². The molecule has 1 rings (SSSR count). The molecule has 106 valence electrons. The van der Waals surface area contributed by atoms with Gasteiger partial charge in [0.1, 0.15) is 12.4 Å². The van der Waals surface area contributed by atoms with Crippen molar-refractivity contribution in [3.8, 4) is 18.1 Å². The van der Waals surface area contributed by atoms with E-state index in [1.165, 1.54) is 0 Å². The highest BCUT2D eigenvalue weighted by Crippen LogP contribution is 2.17. The second kappa shape index (κ2) is 11.9. The topological polar surface area (TPSA) is 41.5 Å². The first-order valence-corrected chi connectivity index (χ1v) is 6.34. The zero-order chi connectivity index (χ0) is 13.1. The monoisotopic (exact) mass is 283 g/mol. The van der Waals surface area contributed by atoms with Crippen LogP contribution in [0.4, 0.5) is 0 Å². The average molecular weight is 284 g/mol. The third kappa shape index (κ3) is 7.74. The molecule has 0 saturated carbocycles. The van der Waals surface area contributed by atoms with E-state index in [2.05, 4.69) is 11.2 Å². The zero-order valence-corrected chi connectivity index (χ0v) is 11.9. The SMILES string of the molecule is C#CCOc1ccccc1CNCCCCCO.Cl. The van der Waals surface area contributed by atoms with Crippen molar-refractivity contribution in [1.29, 1.82) is 0 Å². The highest BCUT2D eigenvalue weighted by Gasteiger charge is 2.01. The molecular formula is C15H22ClNO2. The van der Waals surface area contributed by atoms with Crippen molar-refractivity contribution < 1.29 is 9.84 Å². The number of benzene rings is 1. The summed E-state index contributed by atoms with van der Waals surface area (Å²) in [7, 11) is 0. The summed E-state index contributed by atoms with van der Waals surface area (Å²) < 4.78 is 5.47. The first-order valence-electron chi connectivity index (χ1n) is 6.34. The maximum Gasteiger partial charge on any atom is 0.148 e. The van der Waals surface area contributed by atoms with Crippen LogP contribution in [0.5, 0.6) is 5.75 Å². The summed E-state index contributed by atoms with van der Waals surface area (Å²) in [5.74, 6) is 3.31. The van der Waals surface area contributed by atoms with Crippen molar-refractivity contribution in [3.63, 3.8) is 0 Å². The van der Waals surface area contributed by atoms with Crippen LogP contribution in [0.25, 0.3) is 0 Å². The molecule has 0 bridgehead atoms. The zero-order valence-electron chi connectivity index (χ0n) is 11.1. The van der Waals surface area contributed by atoms with Crippen molar-refractivity contribution in [2.24, 2.45) is 0 Å². The normalized spacial score (nSPS) is 9.47. The predicted octanol–water partition coefficient (Wildman–Crippen LogP) is 2.37. The molecule has 0 aliphatic carbocycles. The summed E-state index contributed by atoms with van der Waals surface area (Å²) in [6, 6.07) is 7.90. The Morgan fingerprint density at radius 1 is 1.21 bits per heavy atom. The lowest BCUT2D eigenvalue weighted by molar-refractivity contribution is 0.283. The number of hydrogen-bond donors (Lipinski definition) is 2. The fourth-order valence-corrected chi connectivity index (χ4v) is 1.67. The van der Waals surface area contributed by atoms with Gasteiger partial charge in [0.2, 0.25) is 0 Å². The molecule has 0 aliphatic rings. The maximum atomic E-state index is 8.67. The maximum absolute atomic E-state index is 8.67. The second-order valence-corrected chi connectivity index (χ2v) is 4.06. The molecule has 0 heterocycles. The highest BCUT2D eigenvalue weighted by molar-refractivity contribution is 5.85. The Morgan fingerprint density at radius 3 is 2.74 bits per heavy atom. The van der Waals surface area contributed by atoms with Crippen LogP contribution in [0.15, 0.2) is 24.3 Å². The Labute approximate surface area is 121 Å². The van der Waals surface area contributed by atoms with Gasteiger partial charge in [-0.15, -0.1) is 18.8 Å². The first kappa shape index (κ1) is 17.8. The third-order valence-electron chi connectivity index (χ3n) is 2.61. The molecule has 0 radical (unpaired) electrons. The molecular weight excluding hydrogens is 262 g/mol. The van der Waals surface area contributed by atoms with Gasteiger partial charge in [-0.1, -0.05) is 24.1 Å². The standard InChI is InChI=1S/C15H21NO2.ClH/c1-2-12-18-15-9-5-4-8-14(15)13-16-10-6-3-7-11-17;/h1,4-5,8-9,16-17H,3,6-7,10-13H2;1H. The van der Waals surface area contributed by atoms with Gasteiger partial charge in [-0.3, -0.25) is 0 Å². The van der Waals surface area contributed by atoms with E-state index in [0.29, 0.717) is 6.61 Å². The Morgan fingerprint density at radius 2 is 2.00 bits per heavy atom. The molecule has 19 heavy (non-hydrogen) atoms. The van der Waals surface area contributed by atoms with Gasteiger partial charge in [-0.05, 0) is 31.9 Å². The van der Waals surface area contributed by atoms with Crippen LogP contribution in [0.1, 0.15) is 24.8 Å². The molecule has 0 aliphatic heterocycles. The van der Waals surface area contributed by atoms with E-state index in [9.17, 15) is 0 Å². The van der Waals surface area contributed by atoms with Crippen LogP contribution in [-0.4, -0.2) is 24.9 Å². The number of aliphatic hydroxyl groups is 1. The van der Waals surface area contributed by atoms with Gasteiger partial charge in [0.15, 0.2) is 0 Å². The van der Waals surface area contributed by atoms with E-state index >= 15 is 0 Å². The molecule has 0 saturated heterocycles. The van der Waals surface area contributed by atoms with Crippen LogP contribution in [-0.2, 0) is 6.54 Å². The number of nitrogens with one attached hydrogen (secondary N) is 1. The van der Waals surface area contributed by atoms with Gasteiger partial charge in [-0.2, -0.15) is 0 Å². The summed E-state index contributed by atoms with van der Waals surface area (Å²) in [4.78, 5) is 0. The van der Waals surface area contributed by atoms with Gasteiger partial charge in [0, 0.05) is 18.7 Å². The number of hydrogen-bond acceptors (Lipinski definition) is 3. The molecule has 3 nitrogen and oxygen atoms in total. The van der Waals surface area contributed by atoms with Crippen LogP contribution in [0.3, 0.4) is 0 Å². The quantitative estimate of drug-likeness (QED) is 0.540. The van der Waals surface area contributed by atoms with E-state index < -0.39 is 0 Å². The van der Waals surface area contributed by atoms with E-state index in [-0.39, 0.29) is 19.0 Å². The van der Waals surface area contributed by atoms with Gasteiger partial charge < -0.3 is 15.2 Å². The number of ether oxygens (including phenoxy) is 1. The number of unbranched alkanes of at least 4 members (excludes halogenated alkanes) is 2. The Balaban J connectivity index is 0.00000324. The van der Waals surface area contributed by atoms with E-state index in [0.717, 1.165) is 43.7 Å². The van der Waals surface area contributed by atoms with Crippen molar-refractivity contribution in [1.82, 2.24) is 5.32 Å². The Bertz CT molecular complexity index is 377. The lowest BCUT2D eigenvalue weighted by atomic mass is 10.2. The van der Waals surface area contributed by atoms with Crippen molar-refractivity contribution >= 4 is 12.4 Å². The molecule has 1 aromatic rings. The number of aliphatic hydroxyl groups excluding tert-OH is 1. The van der Waals surface area contributed by atoms with Crippen molar-refractivity contribution in [2.45, 2.75) is 25.8 Å². The second-order valence-electron chi connectivity index (χ2n) is 4.06. The fourth-order valence-electron chi connectivity index (χ4n) is 1.67. The van der Waals surface area contributed by atoms with Gasteiger partial charge in [0.05, 0.1) is 0 Å². The third-order valence-corrected chi connectivity index (χ3v) is 2.61. The molecule has 2 N–H and O–H groups in total. The lowest BCUT2D eigenvalue weighted by Crippen LogP contribution is -2.15. The fraction of sp³-hybridized carbons (Fsp3) is 0.467. The number of para-hydroxylation sites is 1. The van der Waals surface area contributed by atoms with Crippen molar-refractivity contribution in [2.75, 3.05) is 19.8 Å². The number of halogens is 1. The molecule has 0 aromatic heterocycles. The minimum absolute atomic E-state index is 0. The Hall–Kier alpha value is -1.21. The summed E-state index contributed by atoms with van der Waals surface area (Å²) in [6.45, 7) is 2.31. The molecule has 4 heteroatoms. The minimum Gasteiger partial charge on any atom is -0.481 e. The lowest BCUT2D eigenvalue weighted by Gasteiger charge is -2.10. The largest absolute Gasteiger partial charge is 0.481 e. The average Bonchev–Trinajstić information content (AvgIpc) is 2.41. The summed E-state index contributed by atoms with van der Waals surface area (Å²) in [5, 5.41) is 12.0. The molecule has 1 aromatic carbocycles. The molecule has 0 fully saturated rings. The molecule has 0 atom stereocenters. The van der Waals surface area contributed by atoms with Gasteiger partial charge in [-0.25, -0.2) is 0 Å². The first-order chi connectivity index (χ1) is 8.88. The molecule has 0 unspecified atom stereocenters. The van der Waals surface area contributed by atoms with Crippen LogP contribution >= 0.6 is 12.4 Å².